The number of aliphatic carboxylic acids is 1. The molecule has 0 bridgehead atoms. The summed E-state index contributed by atoms with van der Waals surface area (Å²) in [4.78, 5) is 22.3. The molecule has 0 aliphatic heterocycles. The summed E-state index contributed by atoms with van der Waals surface area (Å²) in [5, 5.41) is 8.78. The van der Waals surface area contributed by atoms with Crippen LogP contribution in [-0.4, -0.2) is 30.6 Å². The average Bonchev–Trinajstić information content (AvgIpc) is 2.92. The van der Waals surface area contributed by atoms with Crippen molar-refractivity contribution < 1.29 is 24.2 Å². The number of ketones is 1. The number of para-hydroxylation sites is 1. The third-order valence-corrected chi connectivity index (χ3v) is 4.66. The van der Waals surface area contributed by atoms with E-state index in [0.29, 0.717) is 12.0 Å². The summed E-state index contributed by atoms with van der Waals surface area (Å²) in [5.74, 6) is -0.172. The van der Waals surface area contributed by atoms with E-state index in [2.05, 4.69) is 0 Å². The van der Waals surface area contributed by atoms with Gasteiger partial charge >= 0.3 is 5.97 Å². The van der Waals surface area contributed by atoms with Crippen LogP contribution in [0.25, 0.3) is 0 Å². The molecule has 5 nitrogen and oxygen atoms in total. The summed E-state index contributed by atoms with van der Waals surface area (Å²) in [6.07, 6.45) is 0.564. The Bertz CT molecular complexity index is 805. The van der Waals surface area contributed by atoms with Crippen LogP contribution in [0.3, 0.4) is 0 Å². The van der Waals surface area contributed by atoms with Gasteiger partial charge in [-0.25, -0.2) is 4.79 Å². The second-order valence-corrected chi connectivity index (χ2v) is 6.46. The molecule has 0 heterocycles. The zero-order valence-corrected chi connectivity index (χ0v) is 15.8. The number of carboxylic acids is 1. The highest BCUT2D eigenvalue weighted by Crippen LogP contribution is 2.42. The number of carboxylic acid groups (broad SMARTS) is 1. The molecule has 1 unspecified atom stereocenters. The van der Waals surface area contributed by atoms with Gasteiger partial charge in [-0.05, 0) is 30.2 Å². The van der Waals surface area contributed by atoms with Crippen molar-refractivity contribution in [3.05, 3.63) is 57.6 Å². The lowest BCUT2D eigenvalue weighted by molar-refractivity contribution is -0.139. The lowest BCUT2D eigenvalue weighted by Gasteiger charge is -2.10. The summed E-state index contributed by atoms with van der Waals surface area (Å²) in [7, 11) is 1.66. The molecular weight excluding hydrogens is 379 g/mol. The molecule has 1 atom stereocenters. The highest BCUT2D eigenvalue weighted by molar-refractivity contribution is 6.45. The molecule has 0 saturated heterocycles. The number of benzene rings is 2. The second-order valence-electron chi connectivity index (χ2n) is 5.71. The van der Waals surface area contributed by atoms with E-state index in [1.165, 1.54) is 0 Å². The minimum Gasteiger partial charge on any atom is -0.497 e. The van der Waals surface area contributed by atoms with Crippen molar-refractivity contribution in [1.29, 1.82) is 0 Å². The zero-order valence-electron chi connectivity index (χ0n) is 14.3. The van der Waals surface area contributed by atoms with Gasteiger partial charge in [0.2, 0.25) is 0 Å². The molecule has 1 aliphatic carbocycles. The smallest absolute Gasteiger partial charge is 0.341 e. The molecule has 2 aromatic carbocycles. The minimum atomic E-state index is -1.10. The van der Waals surface area contributed by atoms with Crippen LogP contribution in [-0.2, 0) is 11.2 Å². The highest BCUT2D eigenvalue weighted by Gasteiger charge is 2.32. The highest BCUT2D eigenvalue weighted by atomic mass is 35.5. The zero-order chi connectivity index (χ0) is 19.3. The number of carbonyl (C=O) groups excluding carboxylic acids is 1. The Morgan fingerprint density at radius 2 is 1.88 bits per heavy atom. The largest absolute Gasteiger partial charge is 0.497 e. The number of hydrogen-bond acceptors (Lipinski definition) is 4. The number of halogens is 2. The molecule has 7 heteroatoms. The molecule has 0 fully saturated rings. The fourth-order valence-corrected chi connectivity index (χ4v) is 3.06. The number of methoxy groups -OCH3 is 1. The Hall–Kier alpha value is -2.24. The van der Waals surface area contributed by atoms with Crippen molar-refractivity contribution in [2.24, 2.45) is 5.92 Å². The topological polar surface area (TPSA) is 72.8 Å². The van der Waals surface area contributed by atoms with Crippen LogP contribution in [0.4, 0.5) is 0 Å². The van der Waals surface area contributed by atoms with E-state index in [1.54, 1.807) is 13.2 Å². The van der Waals surface area contributed by atoms with Gasteiger partial charge in [0, 0.05) is 11.5 Å². The summed E-state index contributed by atoms with van der Waals surface area (Å²) >= 11 is 12.0. The van der Waals surface area contributed by atoms with Gasteiger partial charge in [-0.2, -0.15) is 0 Å². The maximum atomic E-state index is 11.9. The van der Waals surface area contributed by atoms with Crippen molar-refractivity contribution in [3.8, 4) is 11.5 Å². The van der Waals surface area contributed by atoms with Crippen LogP contribution in [0.15, 0.2) is 36.4 Å². The van der Waals surface area contributed by atoms with Crippen LogP contribution in [0.5, 0.6) is 11.5 Å². The first-order valence-electron chi connectivity index (χ1n) is 7.83. The number of ether oxygens (including phenoxy) is 2. The third-order valence-electron chi connectivity index (χ3n) is 3.81. The Labute approximate surface area is 161 Å². The Kier molecular flexibility index (Phi) is 6.89. The van der Waals surface area contributed by atoms with Gasteiger partial charge in [-0.3, -0.25) is 4.79 Å². The number of carbonyl (C=O) groups is 2. The summed E-state index contributed by atoms with van der Waals surface area (Å²) in [6, 6.07) is 11.3. The van der Waals surface area contributed by atoms with Crippen LogP contribution in [0, 0.1) is 5.92 Å². The van der Waals surface area contributed by atoms with Crippen molar-refractivity contribution in [2.45, 2.75) is 13.3 Å². The van der Waals surface area contributed by atoms with Crippen LogP contribution < -0.4 is 9.47 Å². The van der Waals surface area contributed by atoms with Gasteiger partial charge in [0.05, 0.1) is 12.1 Å². The predicted molar refractivity (Wildman–Crippen MR) is 99.8 cm³/mol. The van der Waals surface area contributed by atoms with Gasteiger partial charge in [-0.1, -0.05) is 48.3 Å². The van der Waals surface area contributed by atoms with Crippen molar-refractivity contribution in [2.75, 3.05) is 13.7 Å². The van der Waals surface area contributed by atoms with E-state index in [9.17, 15) is 9.59 Å². The van der Waals surface area contributed by atoms with Gasteiger partial charge in [0.1, 0.15) is 16.5 Å². The average molecular weight is 397 g/mol. The van der Waals surface area contributed by atoms with Gasteiger partial charge in [0.25, 0.3) is 0 Å². The first-order chi connectivity index (χ1) is 12.3. The van der Waals surface area contributed by atoms with Crippen LogP contribution in [0.2, 0.25) is 10.0 Å². The van der Waals surface area contributed by atoms with Gasteiger partial charge < -0.3 is 14.6 Å². The maximum Gasteiger partial charge on any atom is 0.341 e. The van der Waals surface area contributed by atoms with E-state index in [1.807, 2.05) is 37.3 Å². The van der Waals surface area contributed by atoms with Crippen molar-refractivity contribution >= 4 is 35.0 Å². The van der Waals surface area contributed by atoms with Crippen LogP contribution in [0.1, 0.15) is 22.8 Å². The standard InChI is InChI=1S/C12H10Cl2O4.C7H8O/c1-5-2-6-3-7(18-4-8(15)16)10(13)11(14)9(6)12(5)17;1-8-7-5-3-2-4-6-7/h3,5H,2,4H2,1H3,(H,15,16);2-6H,1H3. The quantitative estimate of drug-likeness (QED) is 0.821. The molecule has 1 aliphatic rings. The SMILES string of the molecule is CC1Cc2cc(OCC(=O)O)c(Cl)c(Cl)c2C1=O.COc1ccccc1. The van der Waals surface area contributed by atoms with E-state index in [4.69, 9.17) is 37.8 Å². The Balaban J connectivity index is 0.000000254. The van der Waals surface area contributed by atoms with E-state index in [0.717, 1.165) is 11.3 Å². The molecule has 0 radical (unpaired) electrons. The fourth-order valence-electron chi connectivity index (χ4n) is 2.55. The first kappa shape index (κ1) is 20.1. The fraction of sp³-hybridized carbons (Fsp3) is 0.263. The summed E-state index contributed by atoms with van der Waals surface area (Å²) in [5.41, 5.74) is 1.18. The Morgan fingerprint density at radius 3 is 2.42 bits per heavy atom. The predicted octanol–water partition coefficient (Wildman–Crippen LogP) is 4.53. The van der Waals surface area contributed by atoms with E-state index in [-0.39, 0.29) is 27.5 Å². The monoisotopic (exact) mass is 396 g/mol. The normalized spacial score (nSPS) is 14.9. The minimum absolute atomic E-state index is 0.0401. The molecule has 1 N–H and O–H groups in total. The lowest BCUT2D eigenvalue weighted by Crippen LogP contribution is -2.10. The van der Waals surface area contributed by atoms with Crippen molar-refractivity contribution in [3.63, 3.8) is 0 Å². The second kappa shape index (κ2) is 8.92. The molecular formula is C19H18Cl2O5. The number of fused-ring (bicyclic) bond motifs is 1. The lowest BCUT2D eigenvalue weighted by atomic mass is 10.1. The molecule has 138 valence electrons. The maximum absolute atomic E-state index is 11.9. The number of hydrogen-bond donors (Lipinski definition) is 1. The molecule has 2 aromatic rings. The van der Waals surface area contributed by atoms with Gasteiger partial charge in [0.15, 0.2) is 12.4 Å². The van der Waals surface area contributed by atoms with E-state index < -0.39 is 12.6 Å². The Morgan fingerprint density at radius 1 is 1.23 bits per heavy atom. The molecule has 0 spiro atoms. The van der Waals surface area contributed by atoms with E-state index >= 15 is 0 Å². The summed E-state index contributed by atoms with van der Waals surface area (Å²) in [6.45, 7) is 1.31. The number of Topliss-reactive ketones (excluding diaryl/α,β-unsaturated/α-hetero) is 1. The molecule has 0 saturated carbocycles. The van der Waals surface area contributed by atoms with Crippen LogP contribution >= 0.6 is 23.2 Å². The third kappa shape index (κ3) is 4.68. The molecule has 0 aromatic heterocycles. The van der Waals surface area contributed by atoms with Gasteiger partial charge in [-0.15, -0.1) is 0 Å². The van der Waals surface area contributed by atoms with Crippen molar-refractivity contribution in [1.82, 2.24) is 0 Å². The molecule has 26 heavy (non-hydrogen) atoms. The molecule has 0 amide bonds. The first-order valence-corrected chi connectivity index (χ1v) is 8.59. The molecule has 3 rings (SSSR count). The summed E-state index contributed by atoms with van der Waals surface area (Å²) < 4.78 is 9.96. The number of rotatable bonds is 4.